The molecule has 1 aromatic carbocycles. The van der Waals surface area contributed by atoms with Gasteiger partial charge in [0.1, 0.15) is 0 Å². The minimum absolute atomic E-state index is 0.332. The molecule has 5 heteroatoms. The summed E-state index contributed by atoms with van der Waals surface area (Å²) in [7, 11) is 0. The van der Waals surface area contributed by atoms with Crippen LogP contribution in [0.2, 0.25) is 0 Å². The molecule has 0 spiro atoms. The quantitative estimate of drug-likeness (QED) is 0.789. The number of rotatable bonds is 6. The summed E-state index contributed by atoms with van der Waals surface area (Å²) in [6, 6.07) is 6.04. The number of nitrogens with one attached hydrogen (secondary N) is 1. The van der Waals surface area contributed by atoms with E-state index in [1.54, 1.807) is 11.8 Å². The summed E-state index contributed by atoms with van der Waals surface area (Å²) in [6.07, 6.45) is 2.26. The molecule has 0 amide bonds. The monoisotopic (exact) mass is 308 g/mol. The predicted molar refractivity (Wildman–Crippen MR) is 88.6 cm³/mol. The molecular formula is C16H24N2O2S. The molecular weight excluding hydrogens is 284 g/mol. The molecule has 0 aliphatic carbocycles. The summed E-state index contributed by atoms with van der Waals surface area (Å²) >= 11 is 1.58. The highest BCUT2D eigenvalue weighted by molar-refractivity contribution is 7.99. The Morgan fingerprint density at radius 2 is 2.29 bits per heavy atom. The number of carbonyl (C=O) groups is 1. The van der Waals surface area contributed by atoms with Gasteiger partial charge in [0.2, 0.25) is 0 Å². The van der Waals surface area contributed by atoms with Crippen molar-refractivity contribution in [3.8, 4) is 0 Å². The molecule has 1 heterocycles. The first kappa shape index (κ1) is 16.2. The van der Waals surface area contributed by atoms with E-state index in [9.17, 15) is 9.90 Å². The van der Waals surface area contributed by atoms with Gasteiger partial charge in [-0.15, -0.1) is 11.8 Å². The van der Waals surface area contributed by atoms with E-state index >= 15 is 0 Å². The molecule has 0 saturated carbocycles. The fourth-order valence-corrected chi connectivity index (χ4v) is 3.66. The molecule has 0 bridgehead atoms. The fourth-order valence-electron chi connectivity index (χ4n) is 2.83. The van der Waals surface area contributed by atoms with Crippen LogP contribution in [0.25, 0.3) is 0 Å². The molecule has 1 fully saturated rings. The lowest BCUT2D eigenvalue weighted by Gasteiger charge is -2.33. The van der Waals surface area contributed by atoms with Crippen LogP contribution in [0.4, 0.5) is 5.69 Å². The third-order valence-corrected chi connectivity index (χ3v) is 4.79. The number of piperidine rings is 1. The molecule has 1 aliphatic rings. The summed E-state index contributed by atoms with van der Waals surface area (Å²) in [6.45, 7) is 7.39. The Balaban J connectivity index is 2.19. The van der Waals surface area contributed by atoms with Gasteiger partial charge in [0.05, 0.1) is 11.3 Å². The Hall–Kier alpha value is -1.20. The normalized spacial score (nSPS) is 19.4. The Morgan fingerprint density at radius 3 is 2.95 bits per heavy atom. The zero-order valence-electron chi connectivity index (χ0n) is 12.8. The number of carboxylic acid groups (broad SMARTS) is 1. The van der Waals surface area contributed by atoms with Gasteiger partial charge >= 0.3 is 5.97 Å². The van der Waals surface area contributed by atoms with Crippen LogP contribution < -0.4 is 5.32 Å². The number of benzene rings is 1. The standard InChI is InChI=1S/C16H24N2O2S/c1-3-18-10-6-7-12(11-18)17-13-8-5-9-14(21-4-2)15(13)16(19)20/h5,8-9,12,17H,3-4,6-7,10-11H2,1-2H3,(H,19,20). The smallest absolute Gasteiger partial charge is 0.338 e. The number of anilines is 1. The van der Waals surface area contributed by atoms with Crippen molar-refractivity contribution < 1.29 is 9.90 Å². The maximum Gasteiger partial charge on any atom is 0.338 e. The maximum absolute atomic E-state index is 11.6. The number of likely N-dealkylation sites (N-methyl/N-ethyl adjacent to an activating group) is 1. The third kappa shape index (κ3) is 4.14. The van der Waals surface area contributed by atoms with Gasteiger partial charge in [0.25, 0.3) is 0 Å². The van der Waals surface area contributed by atoms with Crippen LogP contribution in [0.15, 0.2) is 23.1 Å². The van der Waals surface area contributed by atoms with E-state index in [1.165, 1.54) is 0 Å². The van der Waals surface area contributed by atoms with Crippen molar-refractivity contribution >= 4 is 23.4 Å². The molecule has 21 heavy (non-hydrogen) atoms. The third-order valence-electron chi connectivity index (χ3n) is 3.85. The van der Waals surface area contributed by atoms with E-state index in [2.05, 4.69) is 17.1 Å². The van der Waals surface area contributed by atoms with Gasteiger partial charge in [-0.05, 0) is 43.8 Å². The number of nitrogens with zero attached hydrogens (tertiary/aromatic N) is 1. The average molecular weight is 308 g/mol. The van der Waals surface area contributed by atoms with Gasteiger partial charge in [-0.3, -0.25) is 0 Å². The highest BCUT2D eigenvalue weighted by atomic mass is 32.2. The molecule has 2 rings (SSSR count). The lowest BCUT2D eigenvalue weighted by molar-refractivity contribution is 0.0694. The first-order valence-corrected chi connectivity index (χ1v) is 8.62. The summed E-state index contributed by atoms with van der Waals surface area (Å²) in [4.78, 5) is 14.9. The Morgan fingerprint density at radius 1 is 1.48 bits per heavy atom. The first-order valence-electron chi connectivity index (χ1n) is 7.63. The van der Waals surface area contributed by atoms with Crippen molar-refractivity contribution in [1.29, 1.82) is 0 Å². The van der Waals surface area contributed by atoms with Crippen LogP contribution in [0.5, 0.6) is 0 Å². The lowest BCUT2D eigenvalue weighted by Crippen LogP contribution is -2.42. The molecule has 2 N–H and O–H groups in total. The van der Waals surface area contributed by atoms with E-state index in [0.29, 0.717) is 11.6 Å². The molecule has 116 valence electrons. The van der Waals surface area contributed by atoms with Crippen molar-refractivity contribution in [2.45, 2.75) is 37.6 Å². The van der Waals surface area contributed by atoms with Gasteiger partial charge in [0, 0.05) is 17.5 Å². The van der Waals surface area contributed by atoms with E-state index < -0.39 is 5.97 Å². The number of hydrogen-bond donors (Lipinski definition) is 2. The Labute approximate surface area is 130 Å². The Kier molecular flexibility index (Phi) is 5.94. The van der Waals surface area contributed by atoms with Gasteiger partial charge in [-0.25, -0.2) is 4.79 Å². The predicted octanol–water partition coefficient (Wildman–Crippen LogP) is 3.39. The second-order valence-corrected chi connectivity index (χ2v) is 6.60. The molecule has 1 atom stereocenters. The van der Waals surface area contributed by atoms with Crippen molar-refractivity contribution in [2.75, 3.05) is 30.7 Å². The van der Waals surface area contributed by atoms with Crippen LogP contribution >= 0.6 is 11.8 Å². The second kappa shape index (κ2) is 7.71. The van der Waals surface area contributed by atoms with Crippen LogP contribution in [-0.4, -0.2) is 47.4 Å². The van der Waals surface area contributed by atoms with Crippen molar-refractivity contribution in [3.63, 3.8) is 0 Å². The lowest BCUT2D eigenvalue weighted by atomic mass is 10.0. The van der Waals surface area contributed by atoms with Crippen LogP contribution in [0.1, 0.15) is 37.0 Å². The molecule has 1 aromatic rings. The van der Waals surface area contributed by atoms with Gasteiger partial charge in [-0.2, -0.15) is 0 Å². The van der Waals surface area contributed by atoms with Gasteiger partial charge in [-0.1, -0.05) is 19.9 Å². The number of carboxylic acids is 1. The van der Waals surface area contributed by atoms with E-state index in [-0.39, 0.29) is 0 Å². The topological polar surface area (TPSA) is 52.6 Å². The minimum atomic E-state index is -0.850. The number of thioether (sulfide) groups is 1. The van der Waals surface area contributed by atoms with Crippen molar-refractivity contribution in [1.82, 2.24) is 4.90 Å². The minimum Gasteiger partial charge on any atom is -0.478 e. The largest absolute Gasteiger partial charge is 0.478 e. The summed E-state index contributed by atoms with van der Waals surface area (Å²) < 4.78 is 0. The molecule has 1 saturated heterocycles. The van der Waals surface area contributed by atoms with Crippen LogP contribution in [-0.2, 0) is 0 Å². The van der Waals surface area contributed by atoms with Crippen molar-refractivity contribution in [3.05, 3.63) is 23.8 Å². The van der Waals surface area contributed by atoms with Crippen LogP contribution in [0, 0.1) is 0 Å². The van der Waals surface area contributed by atoms with Crippen LogP contribution in [0.3, 0.4) is 0 Å². The second-order valence-electron chi connectivity index (χ2n) is 5.29. The highest BCUT2D eigenvalue weighted by Crippen LogP contribution is 2.29. The molecule has 0 aromatic heterocycles. The fraction of sp³-hybridized carbons (Fsp3) is 0.562. The maximum atomic E-state index is 11.6. The van der Waals surface area contributed by atoms with Gasteiger partial charge < -0.3 is 15.3 Å². The molecule has 0 radical (unpaired) electrons. The first-order chi connectivity index (χ1) is 10.2. The van der Waals surface area contributed by atoms with E-state index in [4.69, 9.17) is 0 Å². The molecule has 1 unspecified atom stereocenters. The van der Waals surface area contributed by atoms with Gasteiger partial charge in [0.15, 0.2) is 0 Å². The summed E-state index contributed by atoms with van der Waals surface area (Å²) in [5.74, 6) is 0.0220. The molecule has 4 nitrogen and oxygen atoms in total. The molecule has 1 aliphatic heterocycles. The SMILES string of the molecule is CCSc1cccc(NC2CCCN(CC)C2)c1C(=O)O. The zero-order valence-corrected chi connectivity index (χ0v) is 13.6. The summed E-state index contributed by atoms with van der Waals surface area (Å²) in [5, 5.41) is 13.0. The number of likely N-dealkylation sites (tertiary alicyclic amines) is 1. The summed E-state index contributed by atoms with van der Waals surface area (Å²) in [5.41, 5.74) is 1.17. The van der Waals surface area contributed by atoms with E-state index in [1.807, 2.05) is 25.1 Å². The Bertz CT molecular complexity index is 493. The zero-order chi connectivity index (χ0) is 15.2. The number of aromatic carboxylic acids is 1. The number of hydrogen-bond acceptors (Lipinski definition) is 4. The average Bonchev–Trinajstić information content (AvgIpc) is 2.47. The van der Waals surface area contributed by atoms with Crippen molar-refractivity contribution in [2.24, 2.45) is 0 Å². The van der Waals surface area contributed by atoms with E-state index in [0.717, 1.165) is 48.8 Å². The highest BCUT2D eigenvalue weighted by Gasteiger charge is 2.22.